The first-order valence-electron chi connectivity index (χ1n) is 9.39. The molecule has 0 aromatic heterocycles. The van der Waals surface area contributed by atoms with Crippen LogP contribution in [0.4, 0.5) is 0 Å². The molecule has 27 heavy (non-hydrogen) atoms. The highest BCUT2D eigenvalue weighted by atomic mass is 32.2. The van der Waals surface area contributed by atoms with Gasteiger partial charge in [0.2, 0.25) is 15.9 Å². The number of sulfonamides is 1. The number of hydrogen-bond donors (Lipinski definition) is 1. The first-order chi connectivity index (χ1) is 12.9. The van der Waals surface area contributed by atoms with E-state index in [1.165, 1.54) is 28.6 Å². The molecule has 0 atom stereocenters. The number of hydrogen-bond acceptors (Lipinski definition) is 5. The zero-order valence-electron chi connectivity index (χ0n) is 15.6. The SMILES string of the molecule is CN1CCC(NC(=O)C2CCN(S(=O)(=O)c3ccc(C#N)cc3)CC2)CC1. The van der Waals surface area contributed by atoms with Crippen LogP contribution in [0.1, 0.15) is 31.2 Å². The highest BCUT2D eigenvalue weighted by Gasteiger charge is 2.33. The quantitative estimate of drug-likeness (QED) is 0.833. The maximum atomic E-state index is 12.7. The van der Waals surface area contributed by atoms with E-state index in [4.69, 9.17) is 5.26 Å². The van der Waals surface area contributed by atoms with Gasteiger partial charge in [-0.3, -0.25) is 4.79 Å². The number of carbonyl (C=O) groups excluding carboxylic acids is 1. The van der Waals surface area contributed by atoms with Gasteiger partial charge in [0, 0.05) is 25.0 Å². The zero-order valence-corrected chi connectivity index (χ0v) is 16.4. The largest absolute Gasteiger partial charge is 0.353 e. The van der Waals surface area contributed by atoms with E-state index in [1.54, 1.807) is 0 Å². The van der Waals surface area contributed by atoms with Gasteiger partial charge >= 0.3 is 0 Å². The van der Waals surface area contributed by atoms with Gasteiger partial charge in [-0.15, -0.1) is 0 Å². The van der Waals surface area contributed by atoms with E-state index >= 15 is 0 Å². The Morgan fingerprint density at radius 1 is 1.07 bits per heavy atom. The highest BCUT2D eigenvalue weighted by Crippen LogP contribution is 2.24. The number of piperidine rings is 2. The number of nitriles is 1. The van der Waals surface area contributed by atoms with E-state index < -0.39 is 10.0 Å². The standard InChI is InChI=1S/C19H26N4O3S/c1-22-10-8-17(9-11-22)21-19(24)16-6-12-23(13-7-16)27(25,26)18-4-2-15(14-20)3-5-18/h2-5,16-17H,6-13H2,1H3,(H,21,24). The second-order valence-corrected chi connectivity index (χ2v) is 9.34. The number of rotatable bonds is 4. The molecule has 2 aliphatic heterocycles. The third kappa shape index (κ3) is 4.67. The molecule has 1 aromatic rings. The molecule has 2 fully saturated rings. The lowest BCUT2D eigenvalue weighted by atomic mass is 9.96. The fourth-order valence-electron chi connectivity index (χ4n) is 3.68. The van der Waals surface area contributed by atoms with E-state index in [0.717, 1.165) is 25.9 Å². The van der Waals surface area contributed by atoms with Crippen LogP contribution in [0.15, 0.2) is 29.2 Å². The van der Waals surface area contributed by atoms with E-state index in [0.29, 0.717) is 31.5 Å². The van der Waals surface area contributed by atoms with Crippen LogP contribution in [0.25, 0.3) is 0 Å². The molecule has 1 aromatic carbocycles. The van der Waals surface area contributed by atoms with Crippen LogP contribution in [0, 0.1) is 17.2 Å². The Labute approximate surface area is 161 Å². The van der Waals surface area contributed by atoms with Crippen LogP contribution in [-0.2, 0) is 14.8 Å². The van der Waals surface area contributed by atoms with Crippen molar-refractivity contribution in [1.82, 2.24) is 14.5 Å². The number of carbonyl (C=O) groups is 1. The smallest absolute Gasteiger partial charge is 0.243 e. The van der Waals surface area contributed by atoms with Crippen molar-refractivity contribution in [3.05, 3.63) is 29.8 Å². The van der Waals surface area contributed by atoms with Crippen molar-refractivity contribution in [1.29, 1.82) is 5.26 Å². The Bertz CT molecular complexity index is 800. The number of benzene rings is 1. The second kappa shape index (κ2) is 8.38. The monoisotopic (exact) mass is 390 g/mol. The first kappa shape index (κ1) is 19.8. The van der Waals surface area contributed by atoms with Crippen molar-refractivity contribution in [3.63, 3.8) is 0 Å². The summed E-state index contributed by atoms with van der Waals surface area (Å²) in [5.41, 5.74) is 0.429. The van der Waals surface area contributed by atoms with Crippen molar-refractivity contribution in [2.45, 2.75) is 36.6 Å². The predicted molar refractivity (Wildman–Crippen MR) is 101 cm³/mol. The molecule has 0 bridgehead atoms. The summed E-state index contributed by atoms with van der Waals surface area (Å²) in [5, 5.41) is 12.0. The lowest BCUT2D eigenvalue weighted by Crippen LogP contribution is -2.48. The normalized spacial score (nSPS) is 20.9. The summed E-state index contributed by atoms with van der Waals surface area (Å²) in [5.74, 6) is -0.0722. The molecule has 0 unspecified atom stereocenters. The number of nitrogens with one attached hydrogen (secondary N) is 1. The van der Waals surface area contributed by atoms with Gasteiger partial charge < -0.3 is 10.2 Å². The Kier molecular flexibility index (Phi) is 6.15. The average Bonchev–Trinajstić information content (AvgIpc) is 2.70. The van der Waals surface area contributed by atoms with Crippen LogP contribution in [0.2, 0.25) is 0 Å². The Hall–Kier alpha value is -1.95. The second-order valence-electron chi connectivity index (χ2n) is 7.40. The summed E-state index contributed by atoms with van der Waals surface area (Å²) in [7, 11) is -1.50. The molecule has 0 radical (unpaired) electrons. The maximum absolute atomic E-state index is 12.7. The third-order valence-electron chi connectivity index (χ3n) is 5.51. The third-order valence-corrected chi connectivity index (χ3v) is 7.42. The number of nitrogens with zero attached hydrogens (tertiary/aromatic N) is 3. The molecule has 0 aliphatic carbocycles. The van der Waals surface area contributed by atoms with Crippen molar-refractivity contribution in [3.8, 4) is 6.07 Å². The van der Waals surface area contributed by atoms with Gasteiger partial charge in [0.1, 0.15) is 0 Å². The van der Waals surface area contributed by atoms with E-state index in [9.17, 15) is 13.2 Å². The summed E-state index contributed by atoms with van der Waals surface area (Å²) in [6.45, 7) is 2.67. The fourth-order valence-corrected chi connectivity index (χ4v) is 5.15. The molecular weight excluding hydrogens is 364 g/mol. The topological polar surface area (TPSA) is 93.5 Å². The van der Waals surface area contributed by atoms with Crippen LogP contribution in [0.3, 0.4) is 0 Å². The minimum Gasteiger partial charge on any atom is -0.353 e. The van der Waals surface area contributed by atoms with Crippen LogP contribution in [-0.4, -0.2) is 62.8 Å². The predicted octanol–water partition coefficient (Wildman–Crippen LogP) is 1.17. The van der Waals surface area contributed by atoms with Gasteiger partial charge in [0.25, 0.3) is 0 Å². The molecule has 1 N–H and O–H groups in total. The van der Waals surface area contributed by atoms with E-state index in [1.807, 2.05) is 6.07 Å². The summed E-state index contributed by atoms with van der Waals surface area (Å²) in [6, 6.07) is 8.16. The van der Waals surface area contributed by atoms with Gasteiger partial charge in [-0.05, 0) is 70.1 Å². The fraction of sp³-hybridized carbons (Fsp3) is 0.579. The maximum Gasteiger partial charge on any atom is 0.243 e. The Morgan fingerprint density at radius 3 is 2.22 bits per heavy atom. The first-order valence-corrected chi connectivity index (χ1v) is 10.8. The molecule has 3 rings (SSSR count). The Morgan fingerprint density at radius 2 is 1.67 bits per heavy atom. The van der Waals surface area contributed by atoms with Gasteiger partial charge in [-0.2, -0.15) is 9.57 Å². The summed E-state index contributed by atoms with van der Waals surface area (Å²) < 4.78 is 26.9. The highest BCUT2D eigenvalue weighted by molar-refractivity contribution is 7.89. The van der Waals surface area contributed by atoms with E-state index in [-0.39, 0.29) is 22.8 Å². The zero-order chi connectivity index (χ0) is 19.4. The minimum atomic E-state index is -3.58. The van der Waals surface area contributed by atoms with Crippen molar-refractivity contribution < 1.29 is 13.2 Å². The minimum absolute atomic E-state index is 0.0555. The van der Waals surface area contributed by atoms with Crippen molar-refractivity contribution in [2.24, 2.45) is 5.92 Å². The molecule has 2 aliphatic rings. The van der Waals surface area contributed by atoms with Gasteiger partial charge in [-0.25, -0.2) is 8.42 Å². The summed E-state index contributed by atoms with van der Waals surface area (Å²) in [4.78, 5) is 15.0. The summed E-state index contributed by atoms with van der Waals surface area (Å²) in [6.07, 6.45) is 3.00. The molecule has 2 saturated heterocycles. The van der Waals surface area contributed by atoms with Gasteiger partial charge in [-0.1, -0.05) is 0 Å². The van der Waals surface area contributed by atoms with Crippen LogP contribution in [0.5, 0.6) is 0 Å². The number of likely N-dealkylation sites (tertiary alicyclic amines) is 1. The van der Waals surface area contributed by atoms with Gasteiger partial charge in [0.05, 0.1) is 16.5 Å². The average molecular weight is 391 g/mol. The lowest BCUT2D eigenvalue weighted by Gasteiger charge is -2.33. The van der Waals surface area contributed by atoms with Crippen LogP contribution >= 0.6 is 0 Å². The molecule has 146 valence electrons. The molecule has 7 nitrogen and oxygen atoms in total. The lowest BCUT2D eigenvalue weighted by molar-refractivity contribution is -0.127. The summed E-state index contributed by atoms with van der Waals surface area (Å²) >= 11 is 0. The number of amides is 1. The Balaban J connectivity index is 1.54. The van der Waals surface area contributed by atoms with Crippen molar-refractivity contribution >= 4 is 15.9 Å². The van der Waals surface area contributed by atoms with E-state index in [2.05, 4.69) is 17.3 Å². The molecule has 1 amide bonds. The van der Waals surface area contributed by atoms with Gasteiger partial charge in [0.15, 0.2) is 0 Å². The van der Waals surface area contributed by atoms with Crippen molar-refractivity contribution in [2.75, 3.05) is 33.2 Å². The van der Waals surface area contributed by atoms with Crippen LogP contribution < -0.4 is 5.32 Å². The molecular formula is C19H26N4O3S. The molecule has 2 heterocycles. The molecule has 0 saturated carbocycles. The molecule has 0 spiro atoms. The molecule has 8 heteroatoms.